The first-order valence-electron chi connectivity index (χ1n) is 9.38. The zero-order chi connectivity index (χ0) is 19.9. The summed E-state index contributed by atoms with van der Waals surface area (Å²) in [5, 5.41) is 6.08. The smallest absolute Gasteiger partial charge is 0.274 e. The van der Waals surface area contributed by atoms with Gasteiger partial charge in [0, 0.05) is 43.6 Å². The molecule has 1 aliphatic carbocycles. The largest absolute Gasteiger partial charge is 0.496 e. The number of nitrogens with one attached hydrogen (secondary N) is 1. The van der Waals surface area contributed by atoms with Crippen molar-refractivity contribution >= 4 is 26.9 Å². The summed E-state index contributed by atoms with van der Waals surface area (Å²) in [5.74, 6) is 1.74. The van der Waals surface area contributed by atoms with E-state index in [0.29, 0.717) is 6.54 Å². The quantitative estimate of drug-likeness (QED) is 0.713. The standard InChI is InChI=1S/C18H26N6O3S/c1-13-9-15-14(10-16(13)27-2)17(21-12-20-15)23-5-7-24(8-6-23)18(3-4-18)11-22-28(19,25)26/h9-10,12,22H,3-8,11H2,1-2H3,(H2,19,25,26). The molecule has 4 rings (SSSR count). The van der Waals surface area contributed by atoms with Crippen LogP contribution in [0.15, 0.2) is 18.5 Å². The van der Waals surface area contributed by atoms with Gasteiger partial charge in [-0.1, -0.05) is 0 Å². The Bertz CT molecular complexity index is 984. The molecule has 2 aromatic rings. The van der Waals surface area contributed by atoms with Gasteiger partial charge in [0.25, 0.3) is 10.2 Å². The van der Waals surface area contributed by atoms with E-state index in [1.165, 1.54) is 0 Å². The Balaban J connectivity index is 1.50. The number of benzene rings is 1. The first-order chi connectivity index (χ1) is 13.3. The highest BCUT2D eigenvalue weighted by atomic mass is 32.2. The van der Waals surface area contributed by atoms with Crippen molar-refractivity contribution in [2.75, 3.05) is 44.7 Å². The van der Waals surface area contributed by atoms with Crippen LogP contribution in [0.4, 0.5) is 5.82 Å². The number of rotatable bonds is 6. The number of fused-ring (bicyclic) bond motifs is 1. The van der Waals surface area contributed by atoms with Gasteiger partial charge in [-0.05, 0) is 37.5 Å². The molecular formula is C18H26N6O3S. The fourth-order valence-electron chi connectivity index (χ4n) is 4.02. The number of aromatic nitrogens is 2. The van der Waals surface area contributed by atoms with E-state index in [4.69, 9.17) is 9.88 Å². The summed E-state index contributed by atoms with van der Waals surface area (Å²) in [6.07, 6.45) is 3.58. The molecule has 1 saturated carbocycles. The number of piperazine rings is 1. The lowest BCUT2D eigenvalue weighted by Crippen LogP contribution is -2.55. The molecule has 2 heterocycles. The topological polar surface area (TPSA) is 114 Å². The SMILES string of the molecule is COc1cc2c(N3CCN(C4(CNS(N)(=O)=O)CC4)CC3)ncnc2cc1C. The van der Waals surface area contributed by atoms with Crippen LogP contribution in [-0.2, 0) is 10.2 Å². The predicted molar refractivity (Wildman–Crippen MR) is 108 cm³/mol. The molecule has 0 spiro atoms. The van der Waals surface area contributed by atoms with E-state index in [-0.39, 0.29) is 5.54 Å². The van der Waals surface area contributed by atoms with Gasteiger partial charge in [-0.25, -0.2) is 19.8 Å². The van der Waals surface area contributed by atoms with E-state index in [1.54, 1.807) is 13.4 Å². The van der Waals surface area contributed by atoms with Crippen LogP contribution in [0.5, 0.6) is 5.75 Å². The van der Waals surface area contributed by atoms with E-state index in [9.17, 15) is 8.42 Å². The summed E-state index contributed by atoms with van der Waals surface area (Å²) >= 11 is 0. The molecule has 2 fully saturated rings. The van der Waals surface area contributed by atoms with Gasteiger partial charge in [0.2, 0.25) is 0 Å². The predicted octanol–water partition coefficient (Wildman–Crippen LogP) is 0.395. The molecule has 28 heavy (non-hydrogen) atoms. The summed E-state index contributed by atoms with van der Waals surface area (Å²) in [6.45, 7) is 5.71. The molecule has 9 nitrogen and oxygen atoms in total. The van der Waals surface area contributed by atoms with Gasteiger partial charge in [0.1, 0.15) is 17.9 Å². The van der Waals surface area contributed by atoms with Crippen LogP contribution in [0.2, 0.25) is 0 Å². The van der Waals surface area contributed by atoms with E-state index in [1.807, 2.05) is 19.1 Å². The van der Waals surface area contributed by atoms with E-state index in [0.717, 1.165) is 67.1 Å². The molecular weight excluding hydrogens is 380 g/mol. The fraction of sp³-hybridized carbons (Fsp3) is 0.556. The van der Waals surface area contributed by atoms with Crippen molar-refractivity contribution < 1.29 is 13.2 Å². The van der Waals surface area contributed by atoms with Crippen LogP contribution >= 0.6 is 0 Å². The van der Waals surface area contributed by atoms with Gasteiger partial charge >= 0.3 is 0 Å². The zero-order valence-electron chi connectivity index (χ0n) is 16.2. The normalized spacial score (nSPS) is 19.8. The van der Waals surface area contributed by atoms with Crippen molar-refractivity contribution in [3.63, 3.8) is 0 Å². The van der Waals surface area contributed by atoms with E-state index in [2.05, 4.69) is 24.5 Å². The van der Waals surface area contributed by atoms with Crippen LogP contribution in [0.3, 0.4) is 0 Å². The highest BCUT2D eigenvalue weighted by Gasteiger charge is 2.48. The van der Waals surface area contributed by atoms with Gasteiger partial charge < -0.3 is 9.64 Å². The lowest BCUT2D eigenvalue weighted by molar-refractivity contribution is 0.167. The van der Waals surface area contributed by atoms with Crippen LogP contribution in [-0.4, -0.2) is 68.7 Å². The van der Waals surface area contributed by atoms with Gasteiger partial charge in [-0.15, -0.1) is 0 Å². The Morgan fingerprint density at radius 3 is 2.54 bits per heavy atom. The number of hydrogen-bond acceptors (Lipinski definition) is 7. The summed E-state index contributed by atoms with van der Waals surface area (Å²) in [7, 11) is -1.99. The Kier molecular flexibility index (Phi) is 4.90. The lowest BCUT2D eigenvalue weighted by atomic mass is 10.1. The summed E-state index contributed by atoms with van der Waals surface area (Å²) in [6, 6.07) is 4.03. The molecule has 0 radical (unpaired) electrons. The summed E-state index contributed by atoms with van der Waals surface area (Å²) in [4.78, 5) is 13.6. The maximum absolute atomic E-state index is 11.2. The molecule has 0 amide bonds. The minimum absolute atomic E-state index is 0.0907. The number of methoxy groups -OCH3 is 1. The number of nitrogens with two attached hydrogens (primary N) is 1. The molecule has 0 unspecified atom stereocenters. The molecule has 1 aromatic carbocycles. The minimum Gasteiger partial charge on any atom is -0.496 e. The van der Waals surface area contributed by atoms with Gasteiger partial charge in [0.05, 0.1) is 12.6 Å². The average molecular weight is 407 g/mol. The third-order valence-corrected chi connectivity index (χ3v) is 6.36. The van der Waals surface area contributed by atoms with E-state index < -0.39 is 10.2 Å². The molecule has 10 heteroatoms. The Labute approximate surface area is 165 Å². The van der Waals surface area contributed by atoms with Crippen molar-refractivity contribution in [2.45, 2.75) is 25.3 Å². The molecule has 1 saturated heterocycles. The second-order valence-electron chi connectivity index (χ2n) is 7.60. The molecule has 2 aliphatic rings. The number of ether oxygens (including phenoxy) is 1. The van der Waals surface area contributed by atoms with Crippen molar-refractivity contribution in [1.82, 2.24) is 19.6 Å². The third kappa shape index (κ3) is 3.77. The Morgan fingerprint density at radius 2 is 1.93 bits per heavy atom. The summed E-state index contributed by atoms with van der Waals surface area (Å²) < 4.78 is 30.4. The molecule has 152 valence electrons. The molecule has 1 aromatic heterocycles. The highest BCUT2D eigenvalue weighted by Crippen LogP contribution is 2.42. The number of hydrogen-bond donors (Lipinski definition) is 2. The Morgan fingerprint density at radius 1 is 1.21 bits per heavy atom. The number of aryl methyl sites for hydroxylation is 1. The zero-order valence-corrected chi connectivity index (χ0v) is 17.0. The highest BCUT2D eigenvalue weighted by molar-refractivity contribution is 7.87. The first-order valence-corrected chi connectivity index (χ1v) is 10.9. The second-order valence-corrected chi connectivity index (χ2v) is 8.98. The van der Waals surface area contributed by atoms with Crippen molar-refractivity contribution in [3.8, 4) is 5.75 Å². The maximum Gasteiger partial charge on any atom is 0.274 e. The first kappa shape index (κ1) is 19.3. The monoisotopic (exact) mass is 406 g/mol. The van der Waals surface area contributed by atoms with Gasteiger partial charge in [-0.2, -0.15) is 8.42 Å². The average Bonchev–Trinajstić information content (AvgIpc) is 3.46. The lowest BCUT2D eigenvalue weighted by Gasteiger charge is -2.40. The van der Waals surface area contributed by atoms with Crippen molar-refractivity contribution in [3.05, 3.63) is 24.0 Å². The van der Waals surface area contributed by atoms with Crippen LogP contribution in [0.1, 0.15) is 18.4 Å². The van der Waals surface area contributed by atoms with Gasteiger partial charge in [-0.3, -0.25) is 4.90 Å². The van der Waals surface area contributed by atoms with Gasteiger partial charge in [0.15, 0.2) is 0 Å². The van der Waals surface area contributed by atoms with E-state index >= 15 is 0 Å². The van der Waals surface area contributed by atoms with Crippen LogP contribution < -0.4 is 19.5 Å². The van der Waals surface area contributed by atoms with Crippen LogP contribution in [0, 0.1) is 6.92 Å². The summed E-state index contributed by atoms with van der Waals surface area (Å²) in [5.41, 5.74) is 1.86. The number of anilines is 1. The van der Waals surface area contributed by atoms with Crippen molar-refractivity contribution in [1.29, 1.82) is 0 Å². The molecule has 3 N–H and O–H groups in total. The fourth-order valence-corrected chi connectivity index (χ4v) is 4.49. The number of nitrogens with zero attached hydrogens (tertiary/aromatic N) is 4. The third-order valence-electron chi connectivity index (χ3n) is 5.81. The molecule has 1 aliphatic heterocycles. The minimum atomic E-state index is -3.66. The second kappa shape index (κ2) is 7.11. The molecule has 0 atom stereocenters. The van der Waals surface area contributed by atoms with Crippen LogP contribution in [0.25, 0.3) is 10.9 Å². The molecule has 0 bridgehead atoms. The van der Waals surface area contributed by atoms with Crippen molar-refractivity contribution in [2.24, 2.45) is 5.14 Å². The Hall–Kier alpha value is -2.01. The maximum atomic E-state index is 11.2.